The van der Waals surface area contributed by atoms with Gasteiger partial charge in [0, 0.05) is 17.7 Å². The zero-order chi connectivity index (χ0) is 10.6. The van der Waals surface area contributed by atoms with Gasteiger partial charge in [-0.3, -0.25) is 10.1 Å². The van der Waals surface area contributed by atoms with Crippen molar-refractivity contribution in [2.24, 2.45) is 5.73 Å². The zero-order valence-electron chi connectivity index (χ0n) is 8.14. The molecule has 4 nitrogen and oxygen atoms in total. The number of hydrogen-bond donors (Lipinski definition) is 1. The lowest BCUT2D eigenvalue weighted by Crippen LogP contribution is -2.11. The summed E-state index contributed by atoms with van der Waals surface area (Å²) in [5.74, 6) is 0. The molecule has 0 bridgehead atoms. The molecular formula is C10H14N2O2. The third-order valence-electron chi connectivity index (χ3n) is 2.13. The Kier molecular flexibility index (Phi) is 3.59. The van der Waals surface area contributed by atoms with Gasteiger partial charge >= 0.3 is 0 Å². The Hall–Kier alpha value is -1.42. The highest BCUT2D eigenvalue weighted by Crippen LogP contribution is 2.25. The summed E-state index contributed by atoms with van der Waals surface area (Å²) in [6, 6.07) is 6.41. The summed E-state index contributed by atoms with van der Waals surface area (Å²) in [5, 5.41) is 10.7. The van der Waals surface area contributed by atoms with Crippen molar-refractivity contribution in [2.75, 3.05) is 0 Å². The second-order valence-corrected chi connectivity index (χ2v) is 3.21. The molecule has 1 atom stereocenters. The number of nitrogens with two attached hydrogens (primary N) is 1. The largest absolute Gasteiger partial charge is 0.324 e. The molecule has 4 heteroatoms. The van der Waals surface area contributed by atoms with E-state index in [1.54, 1.807) is 18.2 Å². The maximum atomic E-state index is 10.7. The number of hydrogen-bond acceptors (Lipinski definition) is 3. The highest BCUT2D eigenvalue weighted by molar-refractivity contribution is 5.41. The van der Waals surface area contributed by atoms with Gasteiger partial charge in [0.15, 0.2) is 0 Å². The molecule has 1 aromatic carbocycles. The van der Waals surface area contributed by atoms with Crippen molar-refractivity contribution < 1.29 is 4.92 Å². The van der Waals surface area contributed by atoms with E-state index in [-0.39, 0.29) is 16.7 Å². The predicted octanol–water partition coefficient (Wildman–Crippen LogP) is 2.39. The molecule has 0 aliphatic carbocycles. The normalized spacial score (nSPS) is 12.4. The van der Waals surface area contributed by atoms with Crippen LogP contribution in [0.15, 0.2) is 24.3 Å². The lowest BCUT2D eigenvalue weighted by molar-refractivity contribution is -0.385. The minimum Gasteiger partial charge on any atom is -0.324 e. The van der Waals surface area contributed by atoms with Gasteiger partial charge in [0.2, 0.25) is 0 Å². The molecule has 0 saturated heterocycles. The van der Waals surface area contributed by atoms with Gasteiger partial charge in [0.1, 0.15) is 0 Å². The van der Waals surface area contributed by atoms with Crippen molar-refractivity contribution in [3.05, 3.63) is 39.9 Å². The standard InChI is InChI=1S/C10H14N2O2/c1-2-5-9(11)8-6-3-4-7-10(8)12(13)14/h3-4,6-7,9H,2,5,11H2,1H3. The minimum absolute atomic E-state index is 0.119. The Labute approximate surface area is 82.9 Å². The van der Waals surface area contributed by atoms with Crippen molar-refractivity contribution in [1.82, 2.24) is 0 Å². The Morgan fingerprint density at radius 3 is 2.71 bits per heavy atom. The summed E-state index contributed by atoms with van der Waals surface area (Å²) < 4.78 is 0. The first-order valence-corrected chi connectivity index (χ1v) is 4.65. The van der Waals surface area contributed by atoms with E-state index in [1.165, 1.54) is 6.07 Å². The Morgan fingerprint density at radius 2 is 2.14 bits per heavy atom. The minimum atomic E-state index is -0.384. The van der Waals surface area contributed by atoms with Gasteiger partial charge < -0.3 is 5.73 Å². The summed E-state index contributed by atoms with van der Waals surface area (Å²) in [5.41, 5.74) is 6.58. The Morgan fingerprint density at radius 1 is 1.50 bits per heavy atom. The number of nitrogens with zero attached hydrogens (tertiary/aromatic N) is 1. The van der Waals surface area contributed by atoms with E-state index in [0.29, 0.717) is 5.56 Å². The quantitative estimate of drug-likeness (QED) is 0.591. The summed E-state index contributed by atoms with van der Waals surface area (Å²) in [7, 11) is 0. The Bertz CT molecular complexity index is 326. The lowest BCUT2D eigenvalue weighted by Gasteiger charge is -2.10. The van der Waals surface area contributed by atoms with Gasteiger partial charge in [0.05, 0.1) is 4.92 Å². The molecule has 1 aromatic rings. The SMILES string of the molecule is CCCC(N)c1ccccc1[N+](=O)[O-]. The second kappa shape index (κ2) is 4.72. The van der Waals surface area contributed by atoms with Crippen molar-refractivity contribution in [3.63, 3.8) is 0 Å². The third-order valence-corrected chi connectivity index (χ3v) is 2.13. The first-order valence-electron chi connectivity index (χ1n) is 4.65. The number of rotatable bonds is 4. The zero-order valence-corrected chi connectivity index (χ0v) is 8.14. The fourth-order valence-electron chi connectivity index (χ4n) is 1.43. The molecule has 0 fully saturated rings. The molecule has 2 N–H and O–H groups in total. The highest BCUT2D eigenvalue weighted by Gasteiger charge is 2.17. The van der Waals surface area contributed by atoms with Crippen LogP contribution in [0.4, 0.5) is 5.69 Å². The fraction of sp³-hybridized carbons (Fsp3) is 0.400. The van der Waals surface area contributed by atoms with Crippen LogP contribution in [-0.2, 0) is 0 Å². The molecule has 0 aromatic heterocycles. The monoisotopic (exact) mass is 194 g/mol. The van der Waals surface area contributed by atoms with Gasteiger partial charge in [0.25, 0.3) is 5.69 Å². The van der Waals surface area contributed by atoms with Crippen LogP contribution in [0.1, 0.15) is 31.4 Å². The van der Waals surface area contributed by atoms with Gasteiger partial charge in [-0.2, -0.15) is 0 Å². The van der Waals surface area contributed by atoms with E-state index in [9.17, 15) is 10.1 Å². The number of para-hydroxylation sites is 1. The smallest absolute Gasteiger partial charge is 0.274 e. The average Bonchev–Trinajstić information content (AvgIpc) is 2.18. The van der Waals surface area contributed by atoms with Crippen molar-refractivity contribution in [2.45, 2.75) is 25.8 Å². The van der Waals surface area contributed by atoms with E-state index < -0.39 is 0 Å². The third kappa shape index (κ3) is 2.29. The van der Waals surface area contributed by atoms with E-state index in [0.717, 1.165) is 12.8 Å². The number of nitro groups is 1. The molecule has 14 heavy (non-hydrogen) atoms. The lowest BCUT2D eigenvalue weighted by atomic mass is 10.0. The van der Waals surface area contributed by atoms with Crippen LogP contribution >= 0.6 is 0 Å². The van der Waals surface area contributed by atoms with E-state index in [1.807, 2.05) is 6.92 Å². The summed E-state index contributed by atoms with van der Waals surface area (Å²) in [4.78, 5) is 10.3. The van der Waals surface area contributed by atoms with Gasteiger partial charge in [-0.25, -0.2) is 0 Å². The fourth-order valence-corrected chi connectivity index (χ4v) is 1.43. The van der Waals surface area contributed by atoms with Crippen LogP contribution in [0, 0.1) is 10.1 Å². The molecule has 76 valence electrons. The summed E-state index contributed by atoms with van der Waals surface area (Å²) in [6.45, 7) is 2.01. The van der Waals surface area contributed by atoms with Crippen LogP contribution in [-0.4, -0.2) is 4.92 Å². The molecule has 0 spiro atoms. The van der Waals surface area contributed by atoms with Gasteiger partial charge in [-0.05, 0) is 6.42 Å². The van der Waals surface area contributed by atoms with Crippen molar-refractivity contribution in [1.29, 1.82) is 0 Å². The van der Waals surface area contributed by atoms with Crippen LogP contribution in [0.2, 0.25) is 0 Å². The summed E-state index contributed by atoms with van der Waals surface area (Å²) >= 11 is 0. The first-order chi connectivity index (χ1) is 6.66. The maximum Gasteiger partial charge on any atom is 0.274 e. The Balaban J connectivity index is 3.00. The molecule has 0 heterocycles. The first kappa shape index (κ1) is 10.7. The molecule has 1 unspecified atom stereocenters. The van der Waals surface area contributed by atoms with Crippen LogP contribution < -0.4 is 5.73 Å². The molecule has 0 radical (unpaired) electrons. The molecule has 0 aliphatic rings. The molecule has 0 aliphatic heterocycles. The number of nitro benzene ring substituents is 1. The second-order valence-electron chi connectivity index (χ2n) is 3.21. The van der Waals surface area contributed by atoms with Crippen LogP contribution in [0.25, 0.3) is 0 Å². The van der Waals surface area contributed by atoms with Crippen molar-refractivity contribution in [3.8, 4) is 0 Å². The van der Waals surface area contributed by atoms with Crippen LogP contribution in [0.5, 0.6) is 0 Å². The molecule has 0 saturated carbocycles. The predicted molar refractivity (Wildman–Crippen MR) is 54.9 cm³/mol. The molecular weight excluding hydrogens is 180 g/mol. The van der Waals surface area contributed by atoms with Crippen LogP contribution in [0.3, 0.4) is 0 Å². The van der Waals surface area contributed by atoms with E-state index in [4.69, 9.17) is 5.73 Å². The number of benzene rings is 1. The molecule has 1 rings (SSSR count). The summed E-state index contributed by atoms with van der Waals surface area (Å²) in [6.07, 6.45) is 1.69. The van der Waals surface area contributed by atoms with Gasteiger partial charge in [-0.15, -0.1) is 0 Å². The molecule has 0 amide bonds. The van der Waals surface area contributed by atoms with Crippen molar-refractivity contribution >= 4 is 5.69 Å². The maximum absolute atomic E-state index is 10.7. The van der Waals surface area contributed by atoms with Gasteiger partial charge in [-0.1, -0.05) is 31.5 Å². The van der Waals surface area contributed by atoms with E-state index in [2.05, 4.69) is 0 Å². The van der Waals surface area contributed by atoms with E-state index >= 15 is 0 Å². The highest BCUT2D eigenvalue weighted by atomic mass is 16.6. The topological polar surface area (TPSA) is 69.2 Å². The average molecular weight is 194 g/mol.